The molecule has 0 spiro atoms. The number of hydrazone groups is 1. The first-order chi connectivity index (χ1) is 11.3. The van der Waals surface area contributed by atoms with Gasteiger partial charge in [0.25, 0.3) is 5.91 Å². The van der Waals surface area contributed by atoms with Crippen molar-refractivity contribution in [1.29, 1.82) is 0 Å². The van der Waals surface area contributed by atoms with E-state index < -0.39 is 22.8 Å². The molecule has 1 aliphatic heterocycles. The quantitative estimate of drug-likeness (QED) is 0.837. The highest BCUT2D eigenvalue weighted by Crippen LogP contribution is 2.35. The third-order valence-corrected chi connectivity index (χ3v) is 3.64. The molecule has 1 N–H and O–H groups in total. The van der Waals surface area contributed by atoms with Gasteiger partial charge in [-0.15, -0.1) is 0 Å². The van der Waals surface area contributed by atoms with Crippen LogP contribution in [0.5, 0.6) is 5.75 Å². The number of halogens is 4. The van der Waals surface area contributed by atoms with E-state index in [9.17, 15) is 23.1 Å². The van der Waals surface area contributed by atoms with Crippen LogP contribution < -0.4 is 5.01 Å². The molecule has 24 heavy (non-hydrogen) atoms. The highest BCUT2D eigenvalue weighted by atomic mass is 35.5. The molecule has 1 aromatic carbocycles. The Bertz CT molecular complexity index is 852. The van der Waals surface area contributed by atoms with E-state index >= 15 is 0 Å². The van der Waals surface area contributed by atoms with Gasteiger partial charge in [0.05, 0.1) is 17.7 Å². The number of hydrogen-bond donors (Lipinski definition) is 1. The van der Waals surface area contributed by atoms with Gasteiger partial charge in [0, 0.05) is 5.56 Å². The lowest BCUT2D eigenvalue weighted by Crippen LogP contribution is -2.21. The number of carbonyl (C=O) groups excluding carboxylic acids is 1. The van der Waals surface area contributed by atoms with Gasteiger partial charge in [-0.25, -0.2) is 4.98 Å². The van der Waals surface area contributed by atoms with E-state index in [-0.39, 0.29) is 23.7 Å². The van der Waals surface area contributed by atoms with Crippen LogP contribution in [0.4, 0.5) is 19.0 Å². The summed E-state index contributed by atoms with van der Waals surface area (Å²) in [6, 6.07) is 8.06. The van der Waals surface area contributed by atoms with E-state index in [4.69, 9.17) is 11.6 Å². The van der Waals surface area contributed by atoms with Crippen LogP contribution in [0.1, 0.15) is 17.5 Å². The molecule has 3 rings (SSSR count). The SMILES string of the molecule is O=C1CC(c2ccccc2O)=NN1c1ccc(C(F)(F)F)c(Cl)n1. The number of phenols is 1. The van der Waals surface area contributed by atoms with Crippen molar-refractivity contribution in [3.05, 3.63) is 52.7 Å². The van der Waals surface area contributed by atoms with Gasteiger partial charge < -0.3 is 5.11 Å². The number of alkyl halides is 3. The Balaban J connectivity index is 1.97. The summed E-state index contributed by atoms with van der Waals surface area (Å²) >= 11 is 5.56. The van der Waals surface area contributed by atoms with Crippen LogP contribution in [0.3, 0.4) is 0 Å². The zero-order chi connectivity index (χ0) is 17.5. The molecule has 0 unspecified atom stereocenters. The maximum absolute atomic E-state index is 12.7. The Morgan fingerprint density at radius 3 is 2.50 bits per heavy atom. The minimum absolute atomic E-state index is 0.0516. The summed E-state index contributed by atoms with van der Waals surface area (Å²) < 4.78 is 38.1. The molecule has 0 radical (unpaired) electrons. The molecule has 2 heterocycles. The van der Waals surface area contributed by atoms with Crippen molar-refractivity contribution < 1.29 is 23.1 Å². The Labute approximate surface area is 139 Å². The standard InChI is InChI=1S/C15H9ClF3N3O2/c16-14-9(15(17,18)19)5-6-12(20-14)22-13(24)7-10(21-22)8-3-1-2-4-11(8)23/h1-6,23H,7H2. The maximum Gasteiger partial charge on any atom is 0.419 e. The van der Waals surface area contributed by atoms with Gasteiger partial charge in [0.1, 0.15) is 10.9 Å². The number of aromatic hydroxyl groups is 1. The molecular formula is C15H9ClF3N3O2. The second kappa shape index (κ2) is 5.79. The minimum atomic E-state index is -4.64. The molecule has 0 saturated heterocycles. The average Bonchev–Trinajstić information content (AvgIpc) is 2.88. The zero-order valence-electron chi connectivity index (χ0n) is 11.9. The number of aromatic nitrogens is 1. The van der Waals surface area contributed by atoms with Gasteiger partial charge in [-0.1, -0.05) is 23.7 Å². The summed E-state index contributed by atoms with van der Waals surface area (Å²) in [6.07, 6.45) is -4.75. The molecule has 1 amide bonds. The van der Waals surface area contributed by atoms with Gasteiger partial charge in [0.2, 0.25) is 0 Å². The van der Waals surface area contributed by atoms with Crippen LogP contribution in [0.25, 0.3) is 0 Å². The lowest BCUT2D eigenvalue weighted by atomic mass is 10.1. The highest BCUT2D eigenvalue weighted by molar-refractivity contribution is 6.30. The number of amides is 1. The number of anilines is 1. The van der Waals surface area contributed by atoms with Crippen molar-refractivity contribution >= 4 is 29.0 Å². The predicted molar refractivity (Wildman–Crippen MR) is 81.0 cm³/mol. The number of carbonyl (C=O) groups is 1. The summed E-state index contributed by atoms with van der Waals surface area (Å²) in [6.45, 7) is 0. The van der Waals surface area contributed by atoms with E-state index in [1.165, 1.54) is 6.07 Å². The molecule has 0 bridgehead atoms. The number of para-hydroxylation sites is 1. The fraction of sp³-hybridized carbons (Fsp3) is 0.133. The number of nitrogens with zero attached hydrogens (tertiary/aromatic N) is 3. The van der Waals surface area contributed by atoms with Crippen LogP contribution >= 0.6 is 11.6 Å². The van der Waals surface area contributed by atoms with Gasteiger partial charge in [-0.2, -0.15) is 23.3 Å². The van der Waals surface area contributed by atoms with Gasteiger partial charge >= 0.3 is 6.18 Å². The Kier molecular flexibility index (Phi) is 3.92. The third kappa shape index (κ3) is 2.92. The summed E-state index contributed by atoms with van der Waals surface area (Å²) in [5, 5.41) is 14.0. The molecule has 5 nitrogen and oxygen atoms in total. The molecule has 1 aromatic heterocycles. The molecule has 0 fully saturated rings. The summed E-state index contributed by atoms with van der Waals surface area (Å²) in [5.41, 5.74) is -0.438. The molecule has 0 aliphatic carbocycles. The Morgan fingerprint density at radius 1 is 1.17 bits per heavy atom. The van der Waals surface area contributed by atoms with Crippen LogP contribution in [0.15, 0.2) is 41.5 Å². The van der Waals surface area contributed by atoms with E-state index in [2.05, 4.69) is 10.1 Å². The summed E-state index contributed by atoms with van der Waals surface area (Å²) in [7, 11) is 0. The van der Waals surface area contributed by atoms with Crippen LogP contribution in [-0.4, -0.2) is 21.7 Å². The number of rotatable bonds is 2. The number of benzene rings is 1. The summed E-state index contributed by atoms with van der Waals surface area (Å²) in [4.78, 5) is 15.7. The van der Waals surface area contributed by atoms with Crippen molar-refractivity contribution in [3.8, 4) is 5.75 Å². The van der Waals surface area contributed by atoms with Crippen molar-refractivity contribution in [3.63, 3.8) is 0 Å². The van der Waals surface area contributed by atoms with Crippen LogP contribution in [0.2, 0.25) is 5.15 Å². The van der Waals surface area contributed by atoms with E-state index in [1.54, 1.807) is 18.2 Å². The van der Waals surface area contributed by atoms with E-state index in [1.807, 2.05) is 0 Å². The third-order valence-electron chi connectivity index (χ3n) is 3.35. The first-order valence-corrected chi connectivity index (χ1v) is 7.07. The molecule has 124 valence electrons. The smallest absolute Gasteiger partial charge is 0.419 e. The number of hydrogen-bond acceptors (Lipinski definition) is 4. The van der Waals surface area contributed by atoms with Crippen molar-refractivity contribution in [2.24, 2.45) is 5.10 Å². The number of pyridine rings is 1. The van der Waals surface area contributed by atoms with E-state index in [0.717, 1.165) is 17.1 Å². The molecule has 1 aliphatic rings. The van der Waals surface area contributed by atoms with Crippen molar-refractivity contribution in [2.75, 3.05) is 5.01 Å². The first-order valence-electron chi connectivity index (χ1n) is 6.70. The van der Waals surface area contributed by atoms with Crippen molar-refractivity contribution in [1.82, 2.24) is 4.98 Å². The first kappa shape index (κ1) is 16.3. The lowest BCUT2D eigenvalue weighted by molar-refractivity contribution is -0.137. The maximum atomic E-state index is 12.7. The second-order valence-corrected chi connectivity index (χ2v) is 5.31. The fourth-order valence-corrected chi connectivity index (χ4v) is 2.49. The fourth-order valence-electron chi connectivity index (χ4n) is 2.23. The summed E-state index contributed by atoms with van der Waals surface area (Å²) in [5.74, 6) is -0.663. The average molecular weight is 356 g/mol. The van der Waals surface area contributed by atoms with E-state index in [0.29, 0.717) is 5.56 Å². The molecule has 2 aromatic rings. The van der Waals surface area contributed by atoms with Gasteiger partial charge in [0.15, 0.2) is 5.82 Å². The molecule has 0 saturated carbocycles. The molecule has 0 atom stereocenters. The largest absolute Gasteiger partial charge is 0.507 e. The minimum Gasteiger partial charge on any atom is -0.507 e. The van der Waals surface area contributed by atoms with Crippen molar-refractivity contribution in [2.45, 2.75) is 12.6 Å². The van der Waals surface area contributed by atoms with Crippen LogP contribution in [-0.2, 0) is 11.0 Å². The monoisotopic (exact) mass is 355 g/mol. The topological polar surface area (TPSA) is 65.8 Å². The highest BCUT2D eigenvalue weighted by Gasteiger charge is 2.35. The Hall–Kier alpha value is -2.61. The predicted octanol–water partition coefficient (Wildman–Crippen LogP) is 3.60. The Morgan fingerprint density at radius 2 is 1.88 bits per heavy atom. The molecular weight excluding hydrogens is 347 g/mol. The number of phenolic OH excluding ortho intramolecular Hbond substituents is 1. The second-order valence-electron chi connectivity index (χ2n) is 4.95. The molecule has 9 heteroatoms. The van der Waals surface area contributed by atoms with Gasteiger partial charge in [-0.05, 0) is 24.3 Å². The van der Waals surface area contributed by atoms with Crippen LogP contribution in [0, 0.1) is 0 Å². The lowest BCUT2D eigenvalue weighted by Gasteiger charge is -2.13. The zero-order valence-corrected chi connectivity index (χ0v) is 12.6. The van der Waals surface area contributed by atoms with Gasteiger partial charge in [-0.3, -0.25) is 4.79 Å². The normalized spacial score (nSPS) is 14.9.